The number of hydrogen-bond donors (Lipinski definition) is 5. The second kappa shape index (κ2) is 56.4. The topological polar surface area (TPSA) is 246 Å². The second-order valence-electron chi connectivity index (χ2n) is 33.4. The molecule has 141 heavy (non-hydrogen) atoms. The number of carboxylic acids is 2. The standard InChI is InChI=1S/C27H39N2.C18H19ClN4S.C18H20N4S.C12H7Cl2NO2S.C12H5Cl2NOS.C6H4Cl2S.C6H4ClNO2.C6H17N3.2ClH/c1-18(2)22-11-9-12-23(19(3)4)26(22)28-15-16-29(17-28)27-24(20(5)6)13-10-14-25(27)21(7)8;1-3-22(4-2)9-10-23-14-6-5-13(19)18-16(14)17(21-23)12-11-20-8-7-15(12)24-18;1-3-21(4-2)10-11-22-14-6-5-7-16-17(14)18(20-22)13-12-19-9-8-15(13)23-16;13-7-1-2-9(14)11(5-7)18-10-3-4-15-6-8(10)12(16)17;13-7-1-2-8(14)12-10(7)11(16)6-5-15-4-3-9(6)17-12;7-4-1-2-5(8)6(9)3-4;7-5-1-2-8-3-4(5)6(9)10;1-3-9(4-2)6-5-8-7;;/h9-14,17-21H,15-16H2,1-8H3;5-8,11H,3-4,9-10H2,1-2H3;5-9,12H,3-4,10-11H2,1-2H3;1-6H,(H,16,17);1-5H;1-3,9H;1-3H,(H,9,10);8H,3-7H2,1-2H3;2*1H/q+1;;;;;;;;;/p-1. The van der Waals surface area contributed by atoms with E-state index < -0.39 is 11.9 Å². The molecule has 0 bridgehead atoms. The predicted molar refractivity (Wildman–Crippen MR) is 595 cm³/mol. The van der Waals surface area contributed by atoms with Crippen LogP contribution in [0.3, 0.4) is 0 Å². The van der Waals surface area contributed by atoms with Gasteiger partial charge < -0.3 is 37.3 Å². The number of para-hydroxylation sites is 2. The summed E-state index contributed by atoms with van der Waals surface area (Å²) in [5.41, 5.74) is 18.1. The number of nitrogens with zero attached hydrogens (tertiary/aromatic N) is 14. The van der Waals surface area contributed by atoms with Crippen LogP contribution in [-0.4, -0.2) is 171 Å². The fourth-order valence-electron chi connectivity index (χ4n) is 15.7. The molecule has 21 nitrogen and oxygen atoms in total. The van der Waals surface area contributed by atoms with Crippen molar-refractivity contribution in [3.05, 3.63) is 291 Å². The highest BCUT2D eigenvalue weighted by Crippen LogP contribution is 2.51. The Balaban J connectivity index is 0.000000185. The smallest absolute Gasteiger partial charge is 0.338 e. The molecule has 0 fully saturated rings. The number of nitrogens with two attached hydrogens (primary N) is 1. The highest BCUT2D eigenvalue weighted by atomic mass is 35.5. The molecule has 15 aromatic rings. The molecule has 18 rings (SSSR count). The number of rotatable bonds is 25. The van der Waals surface area contributed by atoms with Gasteiger partial charge in [-0.15, -0.1) is 36.4 Å². The molecule has 11 heterocycles. The largest absolute Gasteiger partial charge is 1.00 e. The van der Waals surface area contributed by atoms with Crippen LogP contribution in [0, 0.1) is 0 Å². The number of hydrogen-bond acceptors (Lipinski definition) is 21. The molecule has 0 aliphatic carbocycles. The molecular formula is C105H116Cl10N16O5S5. The number of carbonyl (C=O) groups is 2. The molecule has 3 aliphatic rings. The predicted octanol–water partition coefficient (Wildman–Crippen LogP) is 26.1. The van der Waals surface area contributed by atoms with E-state index in [1.165, 1.54) is 113 Å². The zero-order chi connectivity index (χ0) is 100. The number of fused-ring (bicyclic) bond motifs is 6. The van der Waals surface area contributed by atoms with Crippen LogP contribution >= 0.6 is 164 Å². The number of hydrazine groups is 1. The van der Waals surface area contributed by atoms with Gasteiger partial charge in [0, 0.05) is 181 Å². The summed E-state index contributed by atoms with van der Waals surface area (Å²) in [6.45, 7) is 45.9. The van der Waals surface area contributed by atoms with Gasteiger partial charge in [0.15, 0.2) is 5.43 Å². The molecule has 0 atom stereocenters. The number of anilines is 1. The first-order valence-corrected chi connectivity index (χ1v) is 52.6. The summed E-state index contributed by atoms with van der Waals surface area (Å²) >= 11 is 57.6. The van der Waals surface area contributed by atoms with Gasteiger partial charge in [-0.25, -0.2) is 19.1 Å². The fourth-order valence-corrected chi connectivity index (χ4v) is 22.0. The van der Waals surface area contributed by atoms with Gasteiger partial charge in [0.05, 0.1) is 80.9 Å². The minimum absolute atomic E-state index is 0. The van der Waals surface area contributed by atoms with Crippen LogP contribution in [0.25, 0.3) is 64.5 Å². The second-order valence-corrected chi connectivity index (χ2v) is 41.5. The number of thiol groups is 1. The lowest BCUT2D eigenvalue weighted by Gasteiger charge is -2.20. The third kappa shape index (κ3) is 30.0. The summed E-state index contributed by atoms with van der Waals surface area (Å²) in [5, 5.41) is 35.2. The molecule has 0 spiro atoms. The van der Waals surface area contributed by atoms with Crippen LogP contribution in [0.1, 0.15) is 164 Å². The molecule has 8 aromatic heterocycles. The van der Waals surface area contributed by atoms with Crippen molar-refractivity contribution in [3.63, 3.8) is 0 Å². The van der Waals surface area contributed by atoms with Crippen molar-refractivity contribution in [2.24, 2.45) is 5.84 Å². The van der Waals surface area contributed by atoms with Crippen molar-refractivity contribution in [1.82, 2.24) is 64.6 Å². The summed E-state index contributed by atoms with van der Waals surface area (Å²) in [5.74, 6) is 5.08. The Morgan fingerprint density at radius 1 is 0.504 bits per heavy atom. The molecule has 3 aliphatic heterocycles. The monoisotopic (exact) mass is 2190 g/mol. The van der Waals surface area contributed by atoms with Gasteiger partial charge in [-0.05, 0) is 166 Å². The Morgan fingerprint density at radius 3 is 1.52 bits per heavy atom. The van der Waals surface area contributed by atoms with E-state index in [0.29, 0.717) is 79.3 Å². The molecule has 746 valence electrons. The molecule has 36 heteroatoms. The van der Waals surface area contributed by atoms with Gasteiger partial charge >= 0.3 is 11.9 Å². The minimum atomic E-state index is -1.06. The number of benzene rings is 7. The fraction of sp³-hybridized carbons (Fsp3) is 0.305. The van der Waals surface area contributed by atoms with E-state index in [0.717, 1.165) is 144 Å². The summed E-state index contributed by atoms with van der Waals surface area (Å²) in [6.07, 6.45) is 18.6. The lowest BCUT2D eigenvalue weighted by Crippen LogP contribution is -3.00. The lowest BCUT2D eigenvalue weighted by molar-refractivity contribution is -0.425. The number of pyridine rings is 5. The van der Waals surface area contributed by atoms with Crippen LogP contribution in [-0.2, 0) is 13.1 Å². The van der Waals surface area contributed by atoms with Crippen molar-refractivity contribution < 1.29 is 36.8 Å². The van der Waals surface area contributed by atoms with Crippen molar-refractivity contribution in [1.29, 1.82) is 0 Å². The summed E-state index contributed by atoms with van der Waals surface area (Å²) in [7, 11) is 0. The van der Waals surface area contributed by atoms with Gasteiger partial charge in [-0.2, -0.15) is 10.2 Å². The van der Waals surface area contributed by atoms with Gasteiger partial charge in [0.25, 0.3) is 0 Å². The molecular weight excluding hydrogens is 2080 g/mol. The van der Waals surface area contributed by atoms with E-state index >= 15 is 0 Å². The Bertz CT molecular complexity index is 6810. The van der Waals surface area contributed by atoms with Crippen LogP contribution in [0.4, 0.5) is 11.4 Å². The summed E-state index contributed by atoms with van der Waals surface area (Å²) in [4.78, 5) is 70.1. The molecule has 7 aromatic carbocycles. The highest BCUT2D eigenvalue weighted by molar-refractivity contribution is 8.00. The molecule has 0 saturated carbocycles. The number of halogens is 10. The van der Waals surface area contributed by atoms with Crippen LogP contribution in [0.15, 0.2) is 247 Å². The van der Waals surface area contributed by atoms with Gasteiger partial charge in [-0.1, -0.05) is 267 Å². The molecule has 0 amide bonds. The van der Waals surface area contributed by atoms with Crippen molar-refractivity contribution in [2.45, 2.75) is 168 Å². The molecule has 0 radical (unpaired) electrons. The maximum absolute atomic E-state index is 12.3. The summed E-state index contributed by atoms with van der Waals surface area (Å²) < 4.78 is 8.37. The summed E-state index contributed by atoms with van der Waals surface area (Å²) in [6, 6.07) is 46.8. The molecule has 0 saturated heterocycles. The third-order valence-electron chi connectivity index (χ3n) is 23.3. The Hall–Kier alpha value is -8.37. The first-order valence-electron chi connectivity index (χ1n) is 45.9. The van der Waals surface area contributed by atoms with E-state index in [1.807, 2.05) is 48.7 Å². The minimum Gasteiger partial charge on any atom is -1.00 e. The van der Waals surface area contributed by atoms with Crippen LogP contribution < -0.4 is 34.0 Å². The van der Waals surface area contributed by atoms with E-state index in [-0.39, 0.29) is 46.4 Å². The number of carboxylic acid groups (broad SMARTS) is 2. The number of aromatic nitrogens is 9. The number of aromatic carboxylic acids is 2. The van der Waals surface area contributed by atoms with Crippen molar-refractivity contribution in [3.8, 4) is 22.5 Å². The number of likely N-dealkylation sites (N-methyl/N-ethyl adjacent to an activating group) is 3. The van der Waals surface area contributed by atoms with Crippen LogP contribution in [0.2, 0.25) is 40.2 Å². The van der Waals surface area contributed by atoms with Gasteiger partial charge in [0.1, 0.15) is 35.9 Å². The van der Waals surface area contributed by atoms with E-state index in [2.05, 4.69) is 247 Å². The molecule has 0 unspecified atom stereocenters. The first-order chi connectivity index (χ1) is 66.8. The average Bonchev–Trinajstić information content (AvgIpc) is 1.58. The highest BCUT2D eigenvalue weighted by Gasteiger charge is 2.33. The van der Waals surface area contributed by atoms with Crippen molar-refractivity contribution in [2.75, 3.05) is 83.4 Å². The third-order valence-corrected chi connectivity index (χ3v) is 31.2. The Labute approximate surface area is 900 Å². The normalized spacial score (nSPS) is 11.9. The van der Waals surface area contributed by atoms with Gasteiger partial charge in [-0.3, -0.25) is 50.3 Å². The molecule has 5 N–H and O–H groups in total. The maximum atomic E-state index is 12.3. The van der Waals surface area contributed by atoms with Gasteiger partial charge in [0.2, 0.25) is 6.34 Å². The zero-order valence-corrected chi connectivity index (χ0v) is 92.5. The van der Waals surface area contributed by atoms with E-state index in [9.17, 15) is 14.4 Å². The lowest BCUT2D eigenvalue weighted by atomic mass is 9.92. The Kier molecular flexibility index (Phi) is 46.4. The zero-order valence-electron chi connectivity index (χ0n) is 80.8. The maximum Gasteiger partial charge on any atom is 0.338 e. The van der Waals surface area contributed by atoms with Crippen LogP contribution in [0.5, 0.6) is 0 Å². The first kappa shape index (κ1) is 116. The quantitative estimate of drug-likeness (QED) is 0.0117. The average molecular weight is 2200 g/mol. The van der Waals surface area contributed by atoms with E-state index in [1.54, 1.807) is 84.8 Å². The SMILES string of the molecule is CC(C)c1cccc(C(C)C)c1N1C=[N+](c2c(C(C)C)cccc2C(C)C)CC1.CCN(CC)CCNN.CCN(CC)CCn1nc2c3c(c(Cl)ccc31)Sc1ccncc1-2.CCN(CC)CCn1nc2c3c(cccc31)Sc1ccncc1-2.Cl.O=C(O)c1cnccc1Cl.O=C(O)c1cnccc1Sc1cc(Cl)ccc1Cl.O=c1c2cnccc2sc2c(Cl)ccc(Cl)c12.Sc1cc(Cl)ccc1Cl.[Cl-]. The van der Waals surface area contributed by atoms with Crippen molar-refractivity contribution >= 4 is 236 Å². The Morgan fingerprint density at radius 2 is 0.979 bits per heavy atom. The van der Waals surface area contributed by atoms with E-state index in [4.69, 9.17) is 119 Å². The number of nitrogens with one attached hydrogen (secondary N) is 1.